The Labute approximate surface area is 160 Å². The van der Waals surface area contributed by atoms with Gasteiger partial charge in [0.05, 0.1) is 22.5 Å². The molecule has 1 aromatic carbocycles. The summed E-state index contributed by atoms with van der Waals surface area (Å²) >= 11 is 4.53. The molecule has 10 heteroatoms. The molecule has 3 aromatic rings. The van der Waals surface area contributed by atoms with Crippen molar-refractivity contribution in [3.8, 4) is 0 Å². The quantitative estimate of drug-likeness (QED) is 0.348. The van der Waals surface area contributed by atoms with Gasteiger partial charge in [-0.25, -0.2) is 9.78 Å². The molecule has 4 N–H and O–H groups in total. The Morgan fingerprint density at radius 3 is 2.65 bits per heavy atom. The number of nitrogens with one attached hydrogen (secondary N) is 4. The fraction of sp³-hybridized carbons (Fsp3) is 0.250. The Balaban J connectivity index is 1.68. The van der Waals surface area contributed by atoms with E-state index in [1.54, 1.807) is 12.1 Å². The van der Waals surface area contributed by atoms with Gasteiger partial charge in [0.2, 0.25) is 5.91 Å². The lowest BCUT2D eigenvalue weighted by Gasteiger charge is -2.08. The Kier molecular flexibility index (Phi) is 5.62. The molecule has 1 amide bonds. The standard InChI is InChI=1S/C16H16BrN5O3S/c1-2-3-8-4-13(23)22-16(18-8)26-7-14(24)19-10-6-12-11(5-9(10)17)20-15(25)21-12/h4-6H,2-3,7H2,1H3,(H,19,24)(H,18,22,23)(H2,20,21,25). The number of nitrogens with zero attached hydrogens (tertiary/aromatic N) is 1. The molecule has 0 atom stereocenters. The molecule has 26 heavy (non-hydrogen) atoms. The Bertz CT molecular complexity index is 1070. The van der Waals surface area contributed by atoms with Crippen molar-refractivity contribution in [3.05, 3.63) is 49.2 Å². The second-order valence-corrected chi connectivity index (χ2v) is 7.40. The van der Waals surface area contributed by atoms with Gasteiger partial charge in [0.15, 0.2) is 5.16 Å². The number of aromatic nitrogens is 4. The second kappa shape index (κ2) is 7.92. The van der Waals surface area contributed by atoms with E-state index in [-0.39, 0.29) is 22.9 Å². The second-order valence-electron chi connectivity index (χ2n) is 5.59. The molecule has 0 spiro atoms. The molecule has 0 fully saturated rings. The number of halogens is 1. The SMILES string of the molecule is CCCc1cc(=O)[nH]c(SCC(=O)Nc2cc3[nH]c(=O)[nH]c3cc2Br)n1. The molecule has 0 unspecified atom stereocenters. The molecular formula is C16H16BrN5O3S. The van der Waals surface area contributed by atoms with Crippen LogP contribution in [0.4, 0.5) is 5.69 Å². The van der Waals surface area contributed by atoms with Gasteiger partial charge >= 0.3 is 5.69 Å². The van der Waals surface area contributed by atoms with Crippen LogP contribution in [0.3, 0.4) is 0 Å². The molecule has 136 valence electrons. The first kappa shape index (κ1) is 18.5. The molecule has 0 aliphatic heterocycles. The van der Waals surface area contributed by atoms with Gasteiger partial charge in [-0.1, -0.05) is 25.1 Å². The third kappa shape index (κ3) is 4.44. The van der Waals surface area contributed by atoms with Gasteiger partial charge in [0.25, 0.3) is 5.56 Å². The minimum absolute atomic E-state index is 0.0899. The van der Waals surface area contributed by atoms with Gasteiger partial charge in [0, 0.05) is 16.2 Å². The highest BCUT2D eigenvalue weighted by atomic mass is 79.9. The molecule has 8 nitrogen and oxygen atoms in total. The summed E-state index contributed by atoms with van der Waals surface area (Å²) in [5.41, 5.74) is 1.95. The maximum absolute atomic E-state index is 12.2. The van der Waals surface area contributed by atoms with Gasteiger partial charge in [-0.15, -0.1) is 0 Å². The van der Waals surface area contributed by atoms with Crippen molar-refractivity contribution < 1.29 is 4.79 Å². The van der Waals surface area contributed by atoms with Crippen LogP contribution in [0.2, 0.25) is 0 Å². The van der Waals surface area contributed by atoms with E-state index in [4.69, 9.17) is 0 Å². The predicted molar refractivity (Wildman–Crippen MR) is 105 cm³/mol. The van der Waals surface area contributed by atoms with Gasteiger partial charge < -0.3 is 20.3 Å². The third-order valence-electron chi connectivity index (χ3n) is 3.50. The molecule has 0 saturated heterocycles. The maximum atomic E-state index is 12.2. The van der Waals surface area contributed by atoms with E-state index >= 15 is 0 Å². The smallest absolute Gasteiger partial charge is 0.323 e. The number of imidazole rings is 1. The molecular weight excluding hydrogens is 422 g/mol. The van der Waals surface area contributed by atoms with Crippen LogP contribution in [0.15, 0.2) is 37.4 Å². The number of fused-ring (bicyclic) bond motifs is 1. The van der Waals surface area contributed by atoms with Crippen LogP contribution < -0.4 is 16.6 Å². The average molecular weight is 438 g/mol. The lowest BCUT2D eigenvalue weighted by molar-refractivity contribution is -0.113. The molecule has 2 aromatic heterocycles. The molecule has 0 bridgehead atoms. The minimum Gasteiger partial charge on any atom is -0.324 e. The van der Waals surface area contributed by atoms with E-state index in [2.05, 4.69) is 41.2 Å². The molecule has 0 radical (unpaired) electrons. The van der Waals surface area contributed by atoms with Crippen molar-refractivity contribution in [1.29, 1.82) is 0 Å². The van der Waals surface area contributed by atoms with Crippen LogP contribution in [0.5, 0.6) is 0 Å². The van der Waals surface area contributed by atoms with E-state index < -0.39 is 0 Å². The number of carbonyl (C=O) groups excluding carboxylic acids is 1. The van der Waals surface area contributed by atoms with Crippen molar-refractivity contribution in [2.45, 2.75) is 24.9 Å². The first-order chi connectivity index (χ1) is 12.4. The first-order valence-electron chi connectivity index (χ1n) is 7.89. The zero-order chi connectivity index (χ0) is 18.7. The van der Waals surface area contributed by atoms with E-state index in [0.717, 1.165) is 18.2 Å². The van der Waals surface area contributed by atoms with Gasteiger partial charge in [0.1, 0.15) is 0 Å². The van der Waals surface area contributed by atoms with Crippen LogP contribution in [-0.2, 0) is 11.2 Å². The Morgan fingerprint density at radius 2 is 1.92 bits per heavy atom. The summed E-state index contributed by atoms with van der Waals surface area (Å²) in [7, 11) is 0. The lowest BCUT2D eigenvalue weighted by atomic mass is 10.2. The van der Waals surface area contributed by atoms with Crippen molar-refractivity contribution in [2.75, 3.05) is 11.1 Å². The van der Waals surface area contributed by atoms with Crippen LogP contribution in [0.25, 0.3) is 11.0 Å². The van der Waals surface area contributed by atoms with Crippen molar-refractivity contribution in [2.24, 2.45) is 0 Å². The van der Waals surface area contributed by atoms with Gasteiger partial charge in [-0.2, -0.15) is 0 Å². The molecule has 2 heterocycles. The van der Waals surface area contributed by atoms with Crippen molar-refractivity contribution in [3.63, 3.8) is 0 Å². The van der Waals surface area contributed by atoms with E-state index in [9.17, 15) is 14.4 Å². The monoisotopic (exact) mass is 437 g/mol. The zero-order valence-corrected chi connectivity index (χ0v) is 16.2. The summed E-state index contributed by atoms with van der Waals surface area (Å²) in [5.74, 6) is -0.163. The fourth-order valence-corrected chi connectivity index (χ4v) is 3.55. The highest BCUT2D eigenvalue weighted by Crippen LogP contribution is 2.26. The number of aromatic amines is 3. The summed E-state index contributed by atoms with van der Waals surface area (Å²) in [4.78, 5) is 47.5. The van der Waals surface area contributed by atoms with Crippen LogP contribution in [-0.4, -0.2) is 31.6 Å². The summed E-state index contributed by atoms with van der Waals surface area (Å²) in [6.45, 7) is 2.01. The summed E-state index contributed by atoms with van der Waals surface area (Å²) in [6.07, 6.45) is 1.60. The molecule has 0 saturated carbocycles. The number of benzene rings is 1. The molecule has 0 aliphatic rings. The number of rotatable bonds is 6. The summed E-state index contributed by atoms with van der Waals surface area (Å²) in [6, 6.07) is 4.85. The van der Waals surface area contributed by atoms with Crippen molar-refractivity contribution in [1.82, 2.24) is 19.9 Å². The van der Waals surface area contributed by atoms with Crippen LogP contribution in [0.1, 0.15) is 19.0 Å². The number of hydrogen-bond donors (Lipinski definition) is 4. The zero-order valence-electron chi connectivity index (χ0n) is 13.8. The lowest BCUT2D eigenvalue weighted by Crippen LogP contribution is -2.16. The number of H-pyrrole nitrogens is 3. The van der Waals surface area contributed by atoms with Crippen LogP contribution in [0, 0.1) is 0 Å². The normalized spacial score (nSPS) is 11.0. The average Bonchev–Trinajstić information content (AvgIpc) is 2.92. The number of aryl methyl sites for hydroxylation is 1. The summed E-state index contributed by atoms with van der Waals surface area (Å²) in [5, 5.41) is 3.19. The number of amides is 1. The topological polar surface area (TPSA) is 123 Å². The highest BCUT2D eigenvalue weighted by molar-refractivity contribution is 9.10. The van der Waals surface area contributed by atoms with Crippen LogP contribution >= 0.6 is 27.7 Å². The Hall–Kier alpha value is -2.33. The predicted octanol–water partition coefficient (Wildman–Crippen LogP) is 2.39. The fourth-order valence-electron chi connectivity index (χ4n) is 2.41. The maximum Gasteiger partial charge on any atom is 0.323 e. The Morgan fingerprint density at radius 1 is 1.19 bits per heavy atom. The number of thioether (sulfide) groups is 1. The van der Waals surface area contributed by atoms with E-state index in [1.165, 1.54) is 6.07 Å². The first-order valence-corrected chi connectivity index (χ1v) is 9.67. The highest BCUT2D eigenvalue weighted by Gasteiger charge is 2.11. The number of carbonyl (C=O) groups is 1. The van der Waals surface area contributed by atoms with Crippen molar-refractivity contribution >= 4 is 50.3 Å². The largest absolute Gasteiger partial charge is 0.324 e. The van der Waals surface area contributed by atoms with Gasteiger partial charge in [-0.05, 0) is 34.5 Å². The van der Waals surface area contributed by atoms with E-state index in [0.29, 0.717) is 38.5 Å². The van der Waals surface area contributed by atoms with Gasteiger partial charge in [-0.3, -0.25) is 9.59 Å². The minimum atomic E-state index is -0.312. The summed E-state index contributed by atoms with van der Waals surface area (Å²) < 4.78 is 0.648. The molecule has 3 rings (SSSR count). The number of anilines is 1. The number of hydrogen-bond acceptors (Lipinski definition) is 5. The molecule has 0 aliphatic carbocycles. The van der Waals surface area contributed by atoms with E-state index in [1.807, 2.05) is 6.92 Å². The third-order valence-corrected chi connectivity index (χ3v) is 5.03.